The largest absolute Gasteiger partial charge is 0.314 e. The molecule has 0 saturated carbocycles. The fourth-order valence-corrected chi connectivity index (χ4v) is 2.47. The Kier molecular flexibility index (Phi) is 4.87. The van der Waals surface area contributed by atoms with Gasteiger partial charge in [-0.3, -0.25) is 0 Å². The highest BCUT2D eigenvalue weighted by molar-refractivity contribution is 7.98. The molecule has 1 aromatic carbocycles. The van der Waals surface area contributed by atoms with Crippen LogP contribution in [-0.2, 0) is 12.3 Å². The summed E-state index contributed by atoms with van der Waals surface area (Å²) in [6.07, 6.45) is 0. The number of benzene rings is 1. The van der Waals surface area contributed by atoms with Crippen molar-refractivity contribution in [1.82, 2.24) is 15.3 Å². The van der Waals surface area contributed by atoms with Gasteiger partial charge in [-0.05, 0) is 44.3 Å². The summed E-state index contributed by atoms with van der Waals surface area (Å²) in [4.78, 5) is 9.92. The maximum atomic E-state index is 12.8. The Morgan fingerprint density at radius 3 is 2.63 bits per heavy atom. The molecule has 1 N–H and O–H groups in total. The van der Waals surface area contributed by atoms with Crippen LogP contribution in [0, 0.1) is 12.7 Å². The normalized spacial score (nSPS) is 10.7. The summed E-state index contributed by atoms with van der Waals surface area (Å²) in [5.41, 5.74) is 1.96. The van der Waals surface area contributed by atoms with E-state index in [1.54, 1.807) is 23.9 Å². The smallest absolute Gasteiger partial charge is 0.139 e. The third-order valence-electron chi connectivity index (χ3n) is 2.49. The summed E-state index contributed by atoms with van der Waals surface area (Å²) >= 11 is 1.61. The lowest BCUT2D eigenvalue weighted by Crippen LogP contribution is -2.09. The molecular weight excluding hydrogens is 261 g/mol. The summed E-state index contributed by atoms with van der Waals surface area (Å²) in [5, 5.41) is 3.08. The van der Waals surface area contributed by atoms with E-state index in [4.69, 9.17) is 0 Å². The predicted molar refractivity (Wildman–Crippen MR) is 75.5 cm³/mol. The highest BCUT2D eigenvalue weighted by atomic mass is 32.2. The summed E-state index contributed by atoms with van der Waals surface area (Å²) in [6.45, 7) is 2.70. The number of hydrogen-bond donors (Lipinski definition) is 1. The molecule has 19 heavy (non-hydrogen) atoms. The zero-order valence-corrected chi connectivity index (χ0v) is 11.8. The first-order valence-electron chi connectivity index (χ1n) is 6.04. The van der Waals surface area contributed by atoms with Crippen molar-refractivity contribution < 1.29 is 4.39 Å². The van der Waals surface area contributed by atoms with E-state index in [0.29, 0.717) is 5.75 Å². The molecule has 0 spiro atoms. The SMILES string of the molecule is CNCc1cc(C)nc(CSc2ccc(F)cc2)n1. The molecule has 5 heteroatoms. The van der Waals surface area contributed by atoms with E-state index in [-0.39, 0.29) is 5.82 Å². The fraction of sp³-hybridized carbons (Fsp3) is 0.286. The lowest BCUT2D eigenvalue weighted by atomic mass is 10.3. The van der Waals surface area contributed by atoms with Gasteiger partial charge in [-0.1, -0.05) is 0 Å². The maximum absolute atomic E-state index is 12.8. The highest BCUT2D eigenvalue weighted by Crippen LogP contribution is 2.21. The Morgan fingerprint density at radius 2 is 1.95 bits per heavy atom. The number of aryl methyl sites for hydroxylation is 1. The van der Waals surface area contributed by atoms with E-state index >= 15 is 0 Å². The van der Waals surface area contributed by atoms with Gasteiger partial charge < -0.3 is 5.32 Å². The van der Waals surface area contributed by atoms with E-state index in [1.165, 1.54) is 12.1 Å². The van der Waals surface area contributed by atoms with Crippen molar-refractivity contribution in [3.63, 3.8) is 0 Å². The van der Waals surface area contributed by atoms with Crippen molar-refractivity contribution in [3.05, 3.63) is 53.4 Å². The third-order valence-corrected chi connectivity index (χ3v) is 3.50. The Labute approximate surface area is 116 Å². The van der Waals surface area contributed by atoms with Crippen LogP contribution in [0.2, 0.25) is 0 Å². The summed E-state index contributed by atoms with van der Waals surface area (Å²) in [6, 6.07) is 8.44. The Morgan fingerprint density at radius 1 is 1.21 bits per heavy atom. The Balaban J connectivity index is 2.04. The lowest BCUT2D eigenvalue weighted by Gasteiger charge is -2.05. The van der Waals surface area contributed by atoms with Crippen LogP contribution in [0.15, 0.2) is 35.2 Å². The van der Waals surface area contributed by atoms with Crippen LogP contribution in [0.25, 0.3) is 0 Å². The van der Waals surface area contributed by atoms with Crippen LogP contribution in [-0.4, -0.2) is 17.0 Å². The van der Waals surface area contributed by atoms with Crippen molar-refractivity contribution in [2.45, 2.75) is 24.1 Å². The van der Waals surface area contributed by atoms with Gasteiger partial charge in [0.05, 0.1) is 11.4 Å². The topological polar surface area (TPSA) is 37.8 Å². The molecule has 1 aromatic heterocycles. The number of aromatic nitrogens is 2. The van der Waals surface area contributed by atoms with Gasteiger partial charge in [-0.15, -0.1) is 11.8 Å². The van der Waals surface area contributed by atoms with Crippen LogP contribution < -0.4 is 5.32 Å². The number of rotatable bonds is 5. The van der Waals surface area contributed by atoms with Gasteiger partial charge in [0.15, 0.2) is 0 Å². The van der Waals surface area contributed by atoms with Gasteiger partial charge in [-0.2, -0.15) is 0 Å². The molecule has 3 nitrogen and oxygen atoms in total. The molecule has 0 bridgehead atoms. The second kappa shape index (κ2) is 6.63. The van der Waals surface area contributed by atoms with E-state index < -0.39 is 0 Å². The molecule has 0 atom stereocenters. The molecule has 1 heterocycles. The average Bonchev–Trinajstić information content (AvgIpc) is 2.38. The molecular formula is C14H16FN3S. The van der Waals surface area contributed by atoms with Crippen molar-refractivity contribution in [3.8, 4) is 0 Å². The van der Waals surface area contributed by atoms with Crippen molar-refractivity contribution >= 4 is 11.8 Å². The van der Waals surface area contributed by atoms with Gasteiger partial charge in [0, 0.05) is 17.1 Å². The fourth-order valence-electron chi connectivity index (χ4n) is 1.71. The number of halogens is 1. The summed E-state index contributed by atoms with van der Waals surface area (Å²) < 4.78 is 12.8. The number of hydrogen-bond acceptors (Lipinski definition) is 4. The summed E-state index contributed by atoms with van der Waals surface area (Å²) in [5.74, 6) is 1.27. The first kappa shape index (κ1) is 14.0. The Hall–Kier alpha value is -1.46. The van der Waals surface area contributed by atoms with Gasteiger partial charge in [0.2, 0.25) is 0 Å². The second-order valence-corrected chi connectivity index (χ2v) is 5.24. The van der Waals surface area contributed by atoms with Gasteiger partial charge in [0.1, 0.15) is 11.6 Å². The average molecular weight is 277 g/mol. The van der Waals surface area contributed by atoms with E-state index in [1.807, 2.05) is 20.0 Å². The molecule has 0 aliphatic heterocycles. The van der Waals surface area contributed by atoms with E-state index in [2.05, 4.69) is 15.3 Å². The van der Waals surface area contributed by atoms with Gasteiger partial charge >= 0.3 is 0 Å². The van der Waals surface area contributed by atoms with Crippen LogP contribution in [0.5, 0.6) is 0 Å². The monoisotopic (exact) mass is 277 g/mol. The standard InChI is InChI=1S/C14H16FN3S/c1-10-7-12(8-16-2)18-14(17-10)9-19-13-5-3-11(15)4-6-13/h3-7,16H,8-9H2,1-2H3. The molecule has 0 amide bonds. The molecule has 0 radical (unpaired) electrons. The molecule has 2 rings (SSSR count). The first-order chi connectivity index (χ1) is 9.17. The molecule has 0 aliphatic rings. The number of nitrogens with zero attached hydrogens (tertiary/aromatic N) is 2. The molecule has 100 valence electrons. The van der Waals surface area contributed by atoms with Crippen molar-refractivity contribution in [1.29, 1.82) is 0 Å². The maximum Gasteiger partial charge on any atom is 0.139 e. The van der Waals surface area contributed by atoms with Gasteiger partial charge in [0.25, 0.3) is 0 Å². The zero-order chi connectivity index (χ0) is 13.7. The number of thioether (sulfide) groups is 1. The minimum Gasteiger partial charge on any atom is -0.314 e. The van der Waals surface area contributed by atoms with Crippen LogP contribution in [0.4, 0.5) is 4.39 Å². The highest BCUT2D eigenvalue weighted by Gasteiger charge is 2.03. The molecule has 0 saturated heterocycles. The Bertz CT molecular complexity index is 543. The van der Waals surface area contributed by atoms with E-state index in [9.17, 15) is 4.39 Å². The quantitative estimate of drug-likeness (QED) is 0.853. The second-order valence-electron chi connectivity index (χ2n) is 4.19. The first-order valence-corrected chi connectivity index (χ1v) is 7.02. The predicted octanol–water partition coefficient (Wildman–Crippen LogP) is 2.94. The number of nitrogens with one attached hydrogen (secondary N) is 1. The van der Waals surface area contributed by atoms with Crippen molar-refractivity contribution in [2.24, 2.45) is 0 Å². The molecule has 0 fully saturated rings. The lowest BCUT2D eigenvalue weighted by molar-refractivity contribution is 0.626. The zero-order valence-electron chi connectivity index (χ0n) is 11.0. The minimum absolute atomic E-state index is 0.215. The van der Waals surface area contributed by atoms with E-state index in [0.717, 1.165) is 28.7 Å². The third kappa shape index (κ3) is 4.29. The molecule has 2 aromatic rings. The molecule has 0 aliphatic carbocycles. The van der Waals surface area contributed by atoms with Crippen LogP contribution in [0.1, 0.15) is 17.2 Å². The van der Waals surface area contributed by atoms with Gasteiger partial charge in [-0.25, -0.2) is 14.4 Å². The minimum atomic E-state index is -0.215. The van der Waals surface area contributed by atoms with Crippen LogP contribution >= 0.6 is 11.8 Å². The van der Waals surface area contributed by atoms with Crippen LogP contribution in [0.3, 0.4) is 0 Å². The van der Waals surface area contributed by atoms with Crippen molar-refractivity contribution in [2.75, 3.05) is 7.05 Å². The molecule has 0 unspecified atom stereocenters. The summed E-state index contributed by atoms with van der Waals surface area (Å²) in [7, 11) is 1.89.